The predicted molar refractivity (Wildman–Crippen MR) is 102 cm³/mol. The van der Waals surface area contributed by atoms with E-state index in [1.165, 1.54) is 22.3 Å². The number of nitrogens with zero attached hydrogens (tertiary/aromatic N) is 3. The van der Waals surface area contributed by atoms with Crippen molar-refractivity contribution in [1.29, 1.82) is 0 Å². The minimum Gasteiger partial charge on any atom is -0.283 e. The van der Waals surface area contributed by atoms with Crippen LogP contribution in [0.5, 0.6) is 0 Å². The smallest absolute Gasteiger partial charge is 0.283 e. The van der Waals surface area contributed by atoms with Gasteiger partial charge in [-0.15, -0.1) is 11.3 Å². The molecule has 5 nitrogen and oxygen atoms in total. The summed E-state index contributed by atoms with van der Waals surface area (Å²) in [4.78, 5) is 22.8. The van der Waals surface area contributed by atoms with Crippen molar-refractivity contribution in [1.82, 2.24) is 9.97 Å². The molecule has 9 heteroatoms. The van der Waals surface area contributed by atoms with Crippen LogP contribution in [0.3, 0.4) is 0 Å². The number of thiazole rings is 1. The van der Waals surface area contributed by atoms with Crippen molar-refractivity contribution in [3.63, 3.8) is 0 Å². The zero-order chi connectivity index (χ0) is 19.9. The number of halogens is 3. The molecule has 0 bridgehead atoms. The number of urea groups is 1. The van der Waals surface area contributed by atoms with Gasteiger partial charge in [-0.05, 0) is 37.1 Å². The summed E-state index contributed by atoms with van der Waals surface area (Å²) < 4.78 is 39.0. The number of pyridine rings is 1. The zero-order valence-electron chi connectivity index (χ0n) is 14.7. The molecule has 3 heterocycles. The van der Waals surface area contributed by atoms with E-state index in [-0.39, 0.29) is 6.03 Å². The number of hydrogen-bond acceptors (Lipinski definition) is 4. The predicted octanol–water partition coefficient (Wildman–Crippen LogP) is 5.13. The van der Waals surface area contributed by atoms with Gasteiger partial charge in [-0.1, -0.05) is 18.2 Å². The van der Waals surface area contributed by atoms with Crippen LogP contribution in [0.25, 0.3) is 11.3 Å². The molecule has 144 valence electrons. The van der Waals surface area contributed by atoms with Gasteiger partial charge in [-0.3, -0.25) is 10.2 Å². The average molecular weight is 404 g/mol. The SMILES string of the molecule is Cc1csc(NC(=O)N2CCc3ccc(-c4cccc(C(F)(F)F)c4)nc32)n1. The molecule has 4 rings (SSSR count). The molecular weight excluding hydrogens is 389 g/mol. The molecule has 0 unspecified atom stereocenters. The number of anilines is 2. The molecule has 3 aromatic rings. The number of aromatic nitrogens is 2. The molecule has 0 aliphatic carbocycles. The number of alkyl halides is 3. The van der Waals surface area contributed by atoms with Gasteiger partial charge in [0.2, 0.25) is 0 Å². The van der Waals surface area contributed by atoms with Crippen LogP contribution < -0.4 is 10.2 Å². The quantitative estimate of drug-likeness (QED) is 0.644. The minimum atomic E-state index is -4.43. The first-order valence-corrected chi connectivity index (χ1v) is 9.37. The lowest BCUT2D eigenvalue weighted by atomic mass is 10.1. The van der Waals surface area contributed by atoms with E-state index >= 15 is 0 Å². The molecular formula is C19H15F3N4OS. The number of benzene rings is 1. The molecule has 0 radical (unpaired) electrons. The maximum absolute atomic E-state index is 13.0. The van der Waals surface area contributed by atoms with Crippen LogP contribution in [0, 0.1) is 6.92 Å². The Morgan fingerprint density at radius 2 is 2.04 bits per heavy atom. The van der Waals surface area contributed by atoms with Gasteiger partial charge >= 0.3 is 12.2 Å². The summed E-state index contributed by atoms with van der Waals surface area (Å²) in [5.41, 5.74) is 1.68. The Hall–Kier alpha value is -2.94. The molecule has 0 saturated carbocycles. The fourth-order valence-electron chi connectivity index (χ4n) is 3.03. The summed E-state index contributed by atoms with van der Waals surface area (Å²) in [6, 6.07) is 8.13. The third-order valence-electron chi connectivity index (χ3n) is 4.38. The van der Waals surface area contributed by atoms with E-state index < -0.39 is 11.7 Å². The molecule has 0 fully saturated rings. The maximum atomic E-state index is 13.0. The van der Waals surface area contributed by atoms with Gasteiger partial charge in [0.05, 0.1) is 17.0 Å². The van der Waals surface area contributed by atoms with Crippen molar-refractivity contribution >= 4 is 28.3 Å². The molecule has 2 aromatic heterocycles. The number of rotatable bonds is 2. The Balaban J connectivity index is 1.63. The van der Waals surface area contributed by atoms with Crippen LogP contribution >= 0.6 is 11.3 Å². The normalized spacial score (nSPS) is 13.5. The number of aryl methyl sites for hydroxylation is 1. The number of carbonyl (C=O) groups excluding carboxylic acids is 1. The standard InChI is InChI=1S/C19H15F3N4OS/c1-11-10-28-17(23-11)25-18(27)26-8-7-12-5-6-15(24-16(12)26)13-3-2-4-14(9-13)19(20,21)22/h2-6,9-10H,7-8H2,1H3,(H,23,25,27). The van der Waals surface area contributed by atoms with Gasteiger partial charge in [0.1, 0.15) is 5.82 Å². The van der Waals surface area contributed by atoms with Crippen molar-refractivity contribution in [2.24, 2.45) is 0 Å². The summed E-state index contributed by atoms with van der Waals surface area (Å²) >= 11 is 1.33. The van der Waals surface area contributed by atoms with Gasteiger partial charge < -0.3 is 0 Å². The van der Waals surface area contributed by atoms with Gasteiger partial charge in [0.25, 0.3) is 0 Å². The van der Waals surface area contributed by atoms with E-state index in [4.69, 9.17) is 0 Å². The molecule has 0 saturated heterocycles. The second-order valence-corrected chi connectivity index (χ2v) is 7.24. The van der Waals surface area contributed by atoms with E-state index in [2.05, 4.69) is 15.3 Å². The summed E-state index contributed by atoms with van der Waals surface area (Å²) in [6.45, 7) is 2.28. The summed E-state index contributed by atoms with van der Waals surface area (Å²) in [6.07, 6.45) is -3.79. The lowest BCUT2D eigenvalue weighted by molar-refractivity contribution is -0.137. The lowest BCUT2D eigenvalue weighted by Gasteiger charge is -2.17. The monoisotopic (exact) mass is 404 g/mol. The highest BCUT2D eigenvalue weighted by Gasteiger charge is 2.31. The fourth-order valence-corrected chi connectivity index (χ4v) is 3.71. The Morgan fingerprint density at radius 1 is 1.21 bits per heavy atom. The fraction of sp³-hybridized carbons (Fsp3) is 0.211. The van der Waals surface area contributed by atoms with Crippen molar-refractivity contribution in [2.45, 2.75) is 19.5 Å². The van der Waals surface area contributed by atoms with Crippen LogP contribution in [-0.2, 0) is 12.6 Å². The first-order valence-electron chi connectivity index (χ1n) is 8.49. The Labute approximate surface area is 162 Å². The first kappa shape index (κ1) is 18.4. The third-order valence-corrected chi connectivity index (χ3v) is 5.26. The highest BCUT2D eigenvalue weighted by atomic mass is 32.1. The molecule has 1 aliphatic heterocycles. The second-order valence-electron chi connectivity index (χ2n) is 6.38. The number of nitrogens with one attached hydrogen (secondary N) is 1. The van der Waals surface area contributed by atoms with E-state index in [1.807, 2.05) is 12.3 Å². The third kappa shape index (κ3) is 3.57. The van der Waals surface area contributed by atoms with Gasteiger partial charge in [-0.2, -0.15) is 13.2 Å². The van der Waals surface area contributed by atoms with Crippen molar-refractivity contribution < 1.29 is 18.0 Å². The van der Waals surface area contributed by atoms with Crippen molar-refractivity contribution in [3.05, 3.63) is 58.6 Å². The van der Waals surface area contributed by atoms with Gasteiger partial charge in [-0.25, -0.2) is 14.8 Å². The molecule has 1 N–H and O–H groups in total. The molecule has 1 aliphatic rings. The second kappa shape index (κ2) is 6.90. The van der Waals surface area contributed by atoms with E-state index in [9.17, 15) is 18.0 Å². The molecule has 2 amide bonds. The molecule has 0 atom stereocenters. The Kier molecular flexibility index (Phi) is 4.54. The summed E-state index contributed by atoms with van der Waals surface area (Å²) in [5, 5.41) is 5.06. The van der Waals surface area contributed by atoms with Gasteiger partial charge in [0.15, 0.2) is 5.13 Å². The average Bonchev–Trinajstić information content (AvgIpc) is 3.26. The van der Waals surface area contributed by atoms with Crippen molar-refractivity contribution in [2.75, 3.05) is 16.8 Å². The van der Waals surface area contributed by atoms with Crippen LogP contribution in [0.15, 0.2) is 41.8 Å². The Morgan fingerprint density at radius 3 is 2.75 bits per heavy atom. The lowest BCUT2D eigenvalue weighted by Crippen LogP contribution is -2.33. The van der Waals surface area contributed by atoms with Crippen LogP contribution in [0.2, 0.25) is 0 Å². The molecule has 28 heavy (non-hydrogen) atoms. The van der Waals surface area contributed by atoms with E-state index in [1.54, 1.807) is 18.2 Å². The zero-order valence-corrected chi connectivity index (χ0v) is 15.6. The molecule has 0 spiro atoms. The number of fused-ring (bicyclic) bond motifs is 1. The topological polar surface area (TPSA) is 58.1 Å². The van der Waals surface area contributed by atoms with Crippen LogP contribution in [0.4, 0.5) is 28.9 Å². The maximum Gasteiger partial charge on any atom is 0.416 e. The number of amides is 2. The largest absolute Gasteiger partial charge is 0.416 e. The van der Waals surface area contributed by atoms with E-state index in [0.29, 0.717) is 35.2 Å². The number of hydrogen-bond donors (Lipinski definition) is 1. The summed E-state index contributed by atoms with van der Waals surface area (Å²) in [7, 11) is 0. The van der Waals surface area contributed by atoms with E-state index in [0.717, 1.165) is 23.4 Å². The molecule has 1 aromatic carbocycles. The highest BCUT2D eigenvalue weighted by Crippen LogP contribution is 2.34. The van der Waals surface area contributed by atoms with Crippen LogP contribution in [-0.4, -0.2) is 22.5 Å². The van der Waals surface area contributed by atoms with Crippen molar-refractivity contribution in [3.8, 4) is 11.3 Å². The Bertz CT molecular complexity index is 1050. The highest BCUT2D eigenvalue weighted by molar-refractivity contribution is 7.13. The summed E-state index contributed by atoms with van der Waals surface area (Å²) in [5.74, 6) is 0.459. The number of carbonyl (C=O) groups is 1. The van der Waals surface area contributed by atoms with Gasteiger partial charge in [0, 0.05) is 17.5 Å². The first-order chi connectivity index (χ1) is 13.3. The van der Waals surface area contributed by atoms with Crippen LogP contribution in [0.1, 0.15) is 16.8 Å². The minimum absolute atomic E-state index is 0.348.